The van der Waals surface area contributed by atoms with Crippen LogP contribution in [0.4, 0.5) is 0 Å². The minimum absolute atomic E-state index is 0.0565. The van der Waals surface area contributed by atoms with Gasteiger partial charge in [0.1, 0.15) is 17.3 Å². The molecule has 1 aromatic carbocycles. The first-order valence-electron chi connectivity index (χ1n) is 6.00. The Morgan fingerprint density at radius 1 is 1.35 bits per heavy atom. The summed E-state index contributed by atoms with van der Waals surface area (Å²) in [5.41, 5.74) is 5.80. The maximum Gasteiger partial charge on any atom is 0.251 e. The third-order valence-electron chi connectivity index (χ3n) is 2.63. The Morgan fingerprint density at radius 3 is 2.35 bits per heavy atom. The molecule has 1 aromatic rings. The number of amides is 1. The number of oxime groups is 1. The number of hydrogen-bond acceptors (Lipinski definition) is 5. The van der Waals surface area contributed by atoms with Gasteiger partial charge in [-0.2, -0.15) is 0 Å². The topological polar surface area (TPSA) is 106 Å². The molecule has 0 bridgehead atoms. The zero-order valence-electron chi connectivity index (χ0n) is 11.7. The van der Waals surface area contributed by atoms with Gasteiger partial charge in [-0.25, -0.2) is 0 Å². The van der Waals surface area contributed by atoms with Crippen LogP contribution in [0, 0.1) is 0 Å². The Hall–Kier alpha value is -2.44. The van der Waals surface area contributed by atoms with Crippen molar-refractivity contribution in [3.63, 3.8) is 0 Å². The average Bonchev–Trinajstić information content (AvgIpc) is 2.46. The summed E-state index contributed by atoms with van der Waals surface area (Å²) in [6.07, 6.45) is 0.253. The third-order valence-corrected chi connectivity index (χ3v) is 2.63. The molecule has 0 saturated carbocycles. The fraction of sp³-hybridized carbons (Fsp3) is 0.385. The fourth-order valence-electron chi connectivity index (χ4n) is 1.65. The van der Waals surface area contributed by atoms with Gasteiger partial charge in [0.2, 0.25) is 0 Å². The van der Waals surface area contributed by atoms with E-state index in [1.165, 1.54) is 14.2 Å². The van der Waals surface area contributed by atoms with Crippen LogP contribution in [-0.4, -0.2) is 37.2 Å². The largest absolute Gasteiger partial charge is 0.497 e. The van der Waals surface area contributed by atoms with Crippen molar-refractivity contribution in [2.45, 2.75) is 19.4 Å². The fourth-order valence-corrected chi connectivity index (χ4v) is 1.65. The maximum atomic E-state index is 12.1. The highest BCUT2D eigenvalue weighted by Gasteiger charge is 2.13. The molecule has 0 heterocycles. The summed E-state index contributed by atoms with van der Waals surface area (Å²) in [5, 5.41) is 14.1. The van der Waals surface area contributed by atoms with Crippen LogP contribution in [0.3, 0.4) is 0 Å². The van der Waals surface area contributed by atoms with Gasteiger partial charge in [0.25, 0.3) is 5.91 Å². The lowest BCUT2D eigenvalue weighted by atomic mass is 10.1. The molecule has 1 rings (SSSR count). The molecule has 0 aliphatic carbocycles. The van der Waals surface area contributed by atoms with E-state index in [4.69, 9.17) is 20.4 Å². The monoisotopic (exact) mass is 281 g/mol. The lowest BCUT2D eigenvalue weighted by Gasteiger charge is -2.14. The van der Waals surface area contributed by atoms with Gasteiger partial charge in [0, 0.05) is 24.1 Å². The molecule has 0 aromatic heterocycles. The molecule has 4 N–H and O–H groups in total. The van der Waals surface area contributed by atoms with Crippen molar-refractivity contribution in [2.24, 2.45) is 10.9 Å². The number of carbonyl (C=O) groups excluding carboxylic acids is 1. The van der Waals surface area contributed by atoms with Gasteiger partial charge in [-0.15, -0.1) is 0 Å². The lowest BCUT2D eigenvalue weighted by molar-refractivity contribution is 0.0940. The van der Waals surface area contributed by atoms with Gasteiger partial charge in [-0.05, 0) is 19.1 Å². The number of nitrogens with zero attached hydrogens (tertiary/aromatic N) is 1. The van der Waals surface area contributed by atoms with Crippen molar-refractivity contribution in [1.29, 1.82) is 0 Å². The molecule has 0 spiro atoms. The second-order valence-corrected chi connectivity index (χ2v) is 4.27. The maximum absolute atomic E-state index is 12.1. The number of nitrogens with two attached hydrogens (primary N) is 1. The molecule has 0 fully saturated rings. The van der Waals surface area contributed by atoms with Gasteiger partial charge in [-0.1, -0.05) is 5.16 Å². The van der Waals surface area contributed by atoms with E-state index < -0.39 is 0 Å². The van der Waals surface area contributed by atoms with Crippen LogP contribution in [0.2, 0.25) is 0 Å². The van der Waals surface area contributed by atoms with Crippen molar-refractivity contribution in [2.75, 3.05) is 14.2 Å². The van der Waals surface area contributed by atoms with E-state index in [0.29, 0.717) is 17.1 Å². The van der Waals surface area contributed by atoms with E-state index in [-0.39, 0.29) is 24.2 Å². The summed E-state index contributed by atoms with van der Waals surface area (Å²) in [7, 11) is 3.02. The number of nitrogens with one attached hydrogen (secondary N) is 1. The average molecular weight is 281 g/mol. The minimum Gasteiger partial charge on any atom is -0.497 e. The molecule has 20 heavy (non-hydrogen) atoms. The summed E-state index contributed by atoms with van der Waals surface area (Å²) in [6.45, 7) is 1.76. The molecule has 1 amide bonds. The molecule has 0 aliphatic rings. The SMILES string of the molecule is COc1cc(OC)cc(C(=O)NC(C)CC(N)=NO)c1. The van der Waals surface area contributed by atoms with Gasteiger partial charge in [0.15, 0.2) is 0 Å². The van der Waals surface area contributed by atoms with Crippen molar-refractivity contribution in [3.05, 3.63) is 23.8 Å². The normalized spacial score (nSPS) is 12.7. The Bertz CT molecular complexity index is 480. The van der Waals surface area contributed by atoms with Crippen molar-refractivity contribution >= 4 is 11.7 Å². The van der Waals surface area contributed by atoms with E-state index in [0.717, 1.165) is 0 Å². The van der Waals surface area contributed by atoms with E-state index in [2.05, 4.69) is 10.5 Å². The Kier molecular flexibility index (Phi) is 5.64. The molecule has 1 unspecified atom stereocenters. The molecule has 7 nitrogen and oxygen atoms in total. The van der Waals surface area contributed by atoms with Crippen LogP contribution in [-0.2, 0) is 0 Å². The first kappa shape index (κ1) is 15.6. The Morgan fingerprint density at radius 2 is 1.90 bits per heavy atom. The van der Waals surface area contributed by atoms with Crippen LogP contribution in [0.15, 0.2) is 23.4 Å². The number of amidine groups is 1. The molecule has 0 radical (unpaired) electrons. The number of benzene rings is 1. The molecule has 1 atom stereocenters. The number of methoxy groups -OCH3 is 2. The summed E-state index contributed by atoms with van der Waals surface area (Å²) in [5.74, 6) is 0.818. The minimum atomic E-state index is -0.291. The van der Waals surface area contributed by atoms with Crippen LogP contribution in [0.1, 0.15) is 23.7 Å². The van der Waals surface area contributed by atoms with E-state index >= 15 is 0 Å². The van der Waals surface area contributed by atoms with Gasteiger partial charge in [0.05, 0.1) is 14.2 Å². The smallest absolute Gasteiger partial charge is 0.251 e. The van der Waals surface area contributed by atoms with Crippen molar-refractivity contribution < 1.29 is 19.5 Å². The molecule has 110 valence electrons. The second kappa shape index (κ2) is 7.22. The molecule has 7 heteroatoms. The van der Waals surface area contributed by atoms with Gasteiger partial charge in [-0.3, -0.25) is 4.79 Å². The van der Waals surface area contributed by atoms with E-state index in [9.17, 15) is 4.79 Å². The number of ether oxygens (including phenoxy) is 2. The summed E-state index contributed by atoms with van der Waals surface area (Å²) in [4.78, 5) is 12.1. The third kappa shape index (κ3) is 4.34. The van der Waals surface area contributed by atoms with Gasteiger partial charge >= 0.3 is 0 Å². The molecule has 0 saturated heterocycles. The highest BCUT2D eigenvalue weighted by molar-refractivity contribution is 5.95. The highest BCUT2D eigenvalue weighted by Crippen LogP contribution is 2.22. The van der Waals surface area contributed by atoms with Crippen LogP contribution < -0.4 is 20.5 Å². The zero-order valence-corrected chi connectivity index (χ0v) is 11.7. The first-order valence-corrected chi connectivity index (χ1v) is 6.00. The van der Waals surface area contributed by atoms with Crippen molar-refractivity contribution in [1.82, 2.24) is 5.32 Å². The van der Waals surface area contributed by atoms with Gasteiger partial charge < -0.3 is 25.7 Å². The predicted molar refractivity (Wildman–Crippen MR) is 74.5 cm³/mol. The summed E-state index contributed by atoms with van der Waals surface area (Å²) in [6, 6.07) is 4.62. The number of rotatable bonds is 6. The summed E-state index contributed by atoms with van der Waals surface area (Å²) >= 11 is 0. The molecular formula is C13H19N3O4. The Labute approximate surface area is 117 Å². The summed E-state index contributed by atoms with van der Waals surface area (Å²) < 4.78 is 10.2. The second-order valence-electron chi connectivity index (χ2n) is 4.27. The zero-order chi connectivity index (χ0) is 15.1. The van der Waals surface area contributed by atoms with Crippen LogP contribution in [0.25, 0.3) is 0 Å². The molecular weight excluding hydrogens is 262 g/mol. The first-order chi connectivity index (χ1) is 9.49. The number of hydrogen-bond donors (Lipinski definition) is 3. The predicted octanol–water partition coefficient (Wildman–Crippen LogP) is 0.959. The number of carbonyl (C=O) groups is 1. The Balaban J connectivity index is 2.81. The lowest BCUT2D eigenvalue weighted by Crippen LogP contribution is -2.35. The van der Waals surface area contributed by atoms with Crippen molar-refractivity contribution in [3.8, 4) is 11.5 Å². The highest BCUT2D eigenvalue weighted by atomic mass is 16.5. The standard InChI is InChI=1S/C13H19N3O4/c1-8(4-12(14)16-18)15-13(17)9-5-10(19-2)7-11(6-9)20-3/h5-8,18H,4H2,1-3H3,(H2,14,16)(H,15,17). The van der Waals surface area contributed by atoms with Crippen LogP contribution in [0.5, 0.6) is 11.5 Å². The van der Waals surface area contributed by atoms with Crippen LogP contribution >= 0.6 is 0 Å². The van der Waals surface area contributed by atoms with E-state index in [1.54, 1.807) is 25.1 Å². The molecule has 0 aliphatic heterocycles. The quantitative estimate of drug-likeness (QED) is 0.311. The van der Waals surface area contributed by atoms with E-state index in [1.807, 2.05) is 0 Å².